The summed E-state index contributed by atoms with van der Waals surface area (Å²) in [6, 6.07) is 12.9. The van der Waals surface area contributed by atoms with Crippen molar-refractivity contribution in [2.45, 2.75) is 18.9 Å². The minimum absolute atomic E-state index is 0.00279. The van der Waals surface area contributed by atoms with Gasteiger partial charge in [-0.05, 0) is 42.7 Å². The van der Waals surface area contributed by atoms with Crippen molar-refractivity contribution >= 4 is 5.71 Å². The Hall–Kier alpha value is -2.23. The molecule has 0 radical (unpaired) electrons. The quantitative estimate of drug-likeness (QED) is 0.883. The molecular formula is C16H14F2N2. The van der Waals surface area contributed by atoms with Crippen LogP contribution in [0.25, 0.3) is 0 Å². The van der Waals surface area contributed by atoms with E-state index in [2.05, 4.69) is 10.5 Å². The van der Waals surface area contributed by atoms with E-state index in [1.54, 1.807) is 12.1 Å². The lowest BCUT2D eigenvalue weighted by atomic mass is 9.96. The van der Waals surface area contributed by atoms with Crippen molar-refractivity contribution in [3.8, 4) is 0 Å². The molecule has 2 aromatic rings. The highest BCUT2D eigenvalue weighted by molar-refractivity contribution is 6.00. The molecule has 1 N–H and O–H groups in total. The molecule has 0 fully saturated rings. The van der Waals surface area contributed by atoms with E-state index < -0.39 is 0 Å². The van der Waals surface area contributed by atoms with Crippen molar-refractivity contribution in [1.82, 2.24) is 5.43 Å². The minimum Gasteiger partial charge on any atom is -0.302 e. The average Bonchev–Trinajstić information content (AvgIpc) is 2.47. The molecule has 3 rings (SSSR count). The van der Waals surface area contributed by atoms with Gasteiger partial charge in [-0.3, -0.25) is 0 Å². The Labute approximate surface area is 116 Å². The Morgan fingerprint density at radius 3 is 2.40 bits per heavy atom. The van der Waals surface area contributed by atoms with Crippen molar-refractivity contribution in [3.63, 3.8) is 0 Å². The fourth-order valence-corrected chi connectivity index (χ4v) is 2.40. The van der Waals surface area contributed by atoms with Gasteiger partial charge in [-0.1, -0.05) is 24.3 Å². The second-order valence-electron chi connectivity index (χ2n) is 4.84. The first-order chi connectivity index (χ1) is 9.72. The molecule has 1 atom stereocenters. The molecule has 0 spiro atoms. The van der Waals surface area contributed by atoms with Gasteiger partial charge in [0.05, 0.1) is 11.8 Å². The predicted octanol–water partition coefficient (Wildman–Crippen LogP) is 3.79. The molecule has 0 aromatic heterocycles. The van der Waals surface area contributed by atoms with Gasteiger partial charge in [0.15, 0.2) is 0 Å². The van der Waals surface area contributed by atoms with Crippen LogP contribution in [0, 0.1) is 11.6 Å². The maximum absolute atomic E-state index is 13.2. The monoisotopic (exact) mass is 272 g/mol. The van der Waals surface area contributed by atoms with Gasteiger partial charge in [0.1, 0.15) is 11.6 Å². The Bertz CT molecular complexity index is 652. The molecule has 1 aliphatic rings. The highest BCUT2D eigenvalue weighted by atomic mass is 19.1. The highest BCUT2D eigenvalue weighted by Crippen LogP contribution is 2.24. The zero-order valence-electron chi connectivity index (χ0n) is 10.8. The van der Waals surface area contributed by atoms with Gasteiger partial charge in [0.25, 0.3) is 0 Å². The van der Waals surface area contributed by atoms with E-state index in [1.165, 1.54) is 24.3 Å². The molecule has 1 aliphatic heterocycles. The second-order valence-corrected chi connectivity index (χ2v) is 4.84. The normalized spacial score (nSPS) is 18.3. The summed E-state index contributed by atoms with van der Waals surface area (Å²) in [5.41, 5.74) is 5.53. The molecule has 0 bridgehead atoms. The molecule has 2 nitrogen and oxygen atoms in total. The molecule has 0 saturated carbocycles. The first-order valence-corrected chi connectivity index (χ1v) is 6.56. The number of hydrogen-bond donors (Lipinski definition) is 1. The van der Waals surface area contributed by atoms with E-state index in [9.17, 15) is 8.78 Å². The Morgan fingerprint density at radius 2 is 1.75 bits per heavy atom. The van der Waals surface area contributed by atoms with Gasteiger partial charge in [-0.2, -0.15) is 5.10 Å². The summed E-state index contributed by atoms with van der Waals surface area (Å²) >= 11 is 0. The van der Waals surface area contributed by atoms with Crippen LogP contribution in [0.3, 0.4) is 0 Å². The zero-order chi connectivity index (χ0) is 13.9. The third kappa shape index (κ3) is 2.69. The standard InChI is InChI=1S/C16H14F2N2/c17-13-5-1-3-11(9-13)15-7-8-16(20-19-15)12-4-2-6-14(18)10-12/h1-6,9-10,15,19H,7-8H2. The van der Waals surface area contributed by atoms with Crippen molar-refractivity contribution in [2.24, 2.45) is 5.10 Å². The van der Waals surface area contributed by atoms with E-state index in [1.807, 2.05) is 12.1 Å². The van der Waals surface area contributed by atoms with E-state index in [4.69, 9.17) is 0 Å². The largest absolute Gasteiger partial charge is 0.302 e. The van der Waals surface area contributed by atoms with Crippen molar-refractivity contribution in [3.05, 3.63) is 71.3 Å². The van der Waals surface area contributed by atoms with E-state index in [-0.39, 0.29) is 17.7 Å². The summed E-state index contributed by atoms with van der Waals surface area (Å²) in [5.74, 6) is -0.512. The Morgan fingerprint density at radius 1 is 1.00 bits per heavy atom. The molecule has 0 amide bonds. The van der Waals surface area contributed by atoms with Crippen LogP contribution in [-0.4, -0.2) is 5.71 Å². The predicted molar refractivity (Wildman–Crippen MR) is 74.4 cm³/mol. The molecule has 1 heterocycles. The maximum atomic E-state index is 13.2. The van der Waals surface area contributed by atoms with Crippen molar-refractivity contribution < 1.29 is 8.78 Å². The third-order valence-corrected chi connectivity index (χ3v) is 3.43. The molecule has 102 valence electrons. The summed E-state index contributed by atoms with van der Waals surface area (Å²) in [7, 11) is 0. The van der Waals surface area contributed by atoms with Crippen LogP contribution in [0.5, 0.6) is 0 Å². The number of nitrogens with zero attached hydrogens (tertiary/aromatic N) is 1. The topological polar surface area (TPSA) is 24.4 Å². The molecule has 20 heavy (non-hydrogen) atoms. The lowest BCUT2D eigenvalue weighted by Gasteiger charge is -2.23. The summed E-state index contributed by atoms with van der Waals surface area (Å²) in [5, 5.41) is 4.31. The third-order valence-electron chi connectivity index (χ3n) is 3.43. The van der Waals surface area contributed by atoms with E-state index >= 15 is 0 Å². The van der Waals surface area contributed by atoms with Crippen LogP contribution in [0.4, 0.5) is 8.78 Å². The SMILES string of the molecule is Fc1cccc(C2=NNC(c3cccc(F)c3)CC2)c1. The summed E-state index contributed by atoms with van der Waals surface area (Å²) < 4.78 is 26.4. The lowest BCUT2D eigenvalue weighted by Crippen LogP contribution is -2.24. The Kier molecular flexibility index (Phi) is 3.46. The molecule has 1 unspecified atom stereocenters. The number of nitrogens with one attached hydrogen (secondary N) is 1. The maximum Gasteiger partial charge on any atom is 0.123 e. The number of rotatable bonds is 2. The number of benzene rings is 2. The first-order valence-electron chi connectivity index (χ1n) is 6.56. The van der Waals surface area contributed by atoms with Gasteiger partial charge < -0.3 is 5.43 Å². The number of hydrazone groups is 1. The smallest absolute Gasteiger partial charge is 0.123 e. The van der Waals surface area contributed by atoms with E-state index in [0.29, 0.717) is 0 Å². The first kappa shape index (κ1) is 12.8. The van der Waals surface area contributed by atoms with Gasteiger partial charge in [0, 0.05) is 5.56 Å². The van der Waals surface area contributed by atoms with Crippen LogP contribution >= 0.6 is 0 Å². The minimum atomic E-state index is -0.266. The number of halogens is 2. The van der Waals surface area contributed by atoms with Gasteiger partial charge in [0.2, 0.25) is 0 Å². The molecule has 0 aliphatic carbocycles. The zero-order valence-corrected chi connectivity index (χ0v) is 10.8. The van der Waals surface area contributed by atoms with E-state index in [0.717, 1.165) is 29.7 Å². The fraction of sp³-hybridized carbons (Fsp3) is 0.188. The van der Waals surface area contributed by atoms with Crippen LogP contribution in [0.1, 0.15) is 30.0 Å². The summed E-state index contributed by atoms with van der Waals surface area (Å²) in [4.78, 5) is 0. The highest BCUT2D eigenvalue weighted by Gasteiger charge is 2.18. The molecule has 0 saturated heterocycles. The number of hydrogen-bond acceptors (Lipinski definition) is 2. The lowest BCUT2D eigenvalue weighted by molar-refractivity contribution is 0.500. The Balaban J connectivity index is 1.78. The van der Waals surface area contributed by atoms with Crippen LogP contribution in [0.2, 0.25) is 0 Å². The van der Waals surface area contributed by atoms with Gasteiger partial charge in [-0.15, -0.1) is 0 Å². The van der Waals surface area contributed by atoms with Gasteiger partial charge in [-0.25, -0.2) is 8.78 Å². The molecule has 2 aromatic carbocycles. The summed E-state index contributed by atoms with van der Waals surface area (Å²) in [6.07, 6.45) is 1.54. The fourth-order valence-electron chi connectivity index (χ4n) is 2.40. The van der Waals surface area contributed by atoms with Crippen LogP contribution in [-0.2, 0) is 0 Å². The van der Waals surface area contributed by atoms with Crippen molar-refractivity contribution in [1.29, 1.82) is 0 Å². The van der Waals surface area contributed by atoms with Crippen molar-refractivity contribution in [2.75, 3.05) is 0 Å². The van der Waals surface area contributed by atoms with Gasteiger partial charge >= 0.3 is 0 Å². The molecular weight excluding hydrogens is 258 g/mol. The molecule has 4 heteroatoms. The average molecular weight is 272 g/mol. The summed E-state index contributed by atoms with van der Waals surface area (Å²) in [6.45, 7) is 0. The van der Waals surface area contributed by atoms with Crippen LogP contribution in [0.15, 0.2) is 53.6 Å². The van der Waals surface area contributed by atoms with Crippen LogP contribution < -0.4 is 5.43 Å². The second kappa shape index (κ2) is 5.41.